The lowest BCUT2D eigenvalue weighted by atomic mass is 9.85. The molecule has 7 heteroatoms. The number of fused-ring (bicyclic) bond motifs is 1. The highest BCUT2D eigenvalue weighted by Crippen LogP contribution is 2.34. The molecule has 0 aromatic heterocycles. The fourth-order valence-electron chi connectivity index (χ4n) is 3.01. The summed E-state index contributed by atoms with van der Waals surface area (Å²) in [6.45, 7) is 0.386. The van der Waals surface area contributed by atoms with Gasteiger partial charge >= 0.3 is 0 Å². The van der Waals surface area contributed by atoms with E-state index in [1.165, 1.54) is 4.90 Å². The number of anilines is 1. The first kappa shape index (κ1) is 16.9. The van der Waals surface area contributed by atoms with Crippen molar-refractivity contribution in [2.75, 3.05) is 18.5 Å². The van der Waals surface area contributed by atoms with Crippen LogP contribution in [0, 0.1) is 11.8 Å². The van der Waals surface area contributed by atoms with E-state index < -0.39 is 0 Å². The van der Waals surface area contributed by atoms with Crippen molar-refractivity contribution < 1.29 is 14.3 Å². The minimum Gasteiger partial charge on any atom is -0.469 e. The number of thiocarbonyl (C=S) groups is 1. The number of amides is 2. The van der Waals surface area contributed by atoms with Crippen LogP contribution in [0.5, 0.6) is 0 Å². The van der Waals surface area contributed by atoms with Crippen molar-refractivity contribution in [1.29, 1.82) is 0 Å². The molecule has 5 nitrogen and oxygen atoms in total. The van der Waals surface area contributed by atoms with E-state index in [4.69, 9.17) is 28.6 Å². The van der Waals surface area contributed by atoms with Gasteiger partial charge in [0.1, 0.15) is 6.61 Å². The van der Waals surface area contributed by atoms with Crippen LogP contribution < -0.4 is 5.32 Å². The highest BCUT2D eigenvalue weighted by Gasteiger charge is 2.46. The molecule has 1 fully saturated rings. The van der Waals surface area contributed by atoms with Crippen LogP contribution in [0.3, 0.4) is 0 Å². The van der Waals surface area contributed by atoms with Crippen molar-refractivity contribution in [1.82, 2.24) is 4.90 Å². The van der Waals surface area contributed by atoms with Crippen LogP contribution in [0.2, 0.25) is 5.02 Å². The number of nitrogens with zero attached hydrogens (tertiary/aromatic N) is 1. The number of hydrogen-bond acceptors (Lipinski definition) is 4. The van der Waals surface area contributed by atoms with Gasteiger partial charge < -0.3 is 10.1 Å². The Labute approximate surface area is 150 Å². The molecule has 0 spiro atoms. The van der Waals surface area contributed by atoms with E-state index in [2.05, 4.69) is 5.32 Å². The van der Waals surface area contributed by atoms with Crippen molar-refractivity contribution in [3.8, 4) is 0 Å². The molecule has 126 valence electrons. The molecule has 1 aliphatic carbocycles. The number of nitrogens with one attached hydrogen (secondary N) is 1. The minimum absolute atomic E-state index is 0.102. The van der Waals surface area contributed by atoms with Crippen LogP contribution in [-0.2, 0) is 14.3 Å². The SMILES string of the molecule is O=C1[C@H]2CC=CC[C@H]2C(=O)N1CCOC(=S)Nc1ccc(Cl)cc1. The Hall–Kier alpha value is -1.92. The second-order valence-corrected chi connectivity index (χ2v) is 6.56. The molecule has 1 N–H and O–H groups in total. The Balaban J connectivity index is 1.48. The van der Waals surface area contributed by atoms with Crippen molar-refractivity contribution in [2.24, 2.45) is 11.8 Å². The quantitative estimate of drug-likeness (QED) is 0.505. The van der Waals surface area contributed by atoms with Gasteiger partial charge in [0.25, 0.3) is 5.17 Å². The second-order valence-electron chi connectivity index (χ2n) is 5.75. The van der Waals surface area contributed by atoms with Gasteiger partial charge in [-0.15, -0.1) is 0 Å². The number of likely N-dealkylation sites (tertiary alicyclic amines) is 1. The zero-order valence-corrected chi connectivity index (χ0v) is 14.5. The molecule has 1 heterocycles. The Morgan fingerprint density at radius 2 is 1.75 bits per heavy atom. The molecule has 0 bridgehead atoms. The van der Waals surface area contributed by atoms with Gasteiger partial charge in [0, 0.05) is 10.7 Å². The van der Waals surface area contributed by atoms with Gasteiger partial charge in [-0.3, -0.25) is 14.5 Å². The molecular weight excluding hydrogens is 348 g/mol. The lowest BCUT2D eigenvalue weighted by Gasteiger charge is -2.16. The normalized spacial score (nSPS) is 22.5. The Kier molecular flexibility index (Phi) is 5.16. The number of benzene rings is 1. The fraction of sp³-hybridized carbons (Fsp3) is 0.353. The molecule has 0 unspecified atom stereocenters. The molecule has 24 heavy (non-hydrogen) atoms. The van der Waals surface area contributed by atoms with Crippen LogP contribution in [0.25, 0.3) is 0 Å². The van der Waals surface area contributed by atoms with Gasteiger partial charge in [0.2, 0.25) is 11.8 Å². The summed E-state index contributed by atoms with van der Waals surface area (Å²) in [5, 5.41) is 3.74. The first-order valence-electron chi connectivity index (χ1n) is 7.76. The maximum atomic E-state index is 12.3. The summed E-state index contributed by atoms with van der Waals surface area (Å²) in [6.07, 6.45) is 5.22. The average molecular weight is 365 g/mol. The highest BCUT2D eigenvalue weighted by atomic mass is 35.5. The molecule has 2 atom stereocenters. The third-order valence-corrected chi connectivity index (χ3v) is 4.71. The number of imide groups is 1. The third kappa shape index (κ3) is 3.60. The van der Waals surface area contributed by atoms with Gasteiger partial charge in [0.05, 0.1) is 18.4 Å². The van der Waals surface area contributed by atoms with Crippen molar-refractivity contribution in [3.63, 3.8) is 0 Å². The second kappa shape index (κ2) is 7.32. The molecule has 1 aromatic rings. The number of hydrogen-bond donors (Lipinski definition) is 1. The molecule has 1 aromatic carbocycles. The van der Waals surface area contributed by atoms with Crippen LogP contribution in [0.15, 0.2) is 36.4 Å². The van der Waals surface area contributed by atoms with E-state index >= 15 is 0 Å². The Morgan fingerprint density at radius 1 is 1.17 bits per heavy atom. The van der Waals surface area contributed by atoms with Crippen molar-refractivity contribution >= 4 is 46.5 Å². The van der Waals surface area contributed by atoms with Gasteiger partial charge in [-0.1, -0.05) is 23.8 Å². The number of rotatable bonds is 4. The zero-order valence-electron chi connectivity index (χ0n) is 12.9. The number of carbonyl (C=O) groups excluding carboxylic acids is 2. The lowest BCUT2D eigenvalue weighted by molar-refractivity contribution is -0.140. The standard InChI is InChI=1S/C17H17ClN2O3S/c18-11-5-7-12(8-6-11)19-17(24)23-10-9-20-15(21)13-3-1-2-4-14(13)16(20)22/h1-2,5-8,13-14H,3-4,9-10H2,(H,19,24)/t13-,14+. The van der Waals surface area contributed by atoms with E-state index in [0.29, 0.717) is 17.9 Å². The van der Waals surface area contributed by atoms with E-state index in [1.54, 1.807) is 24.3 Å². The average Bonchev–Trinajstić information content (AvgIpc) is 2.82. The summed E-state index contributed by atoms with van der Waals surface area (Å²) in [5.74, 6) is -0.618. The summed E-state index contributed by atoms with van der Waals surface area (Å²) < 4.78 is 5.41. The summed E-state index contributed by atoms with van der Waals surface area (Å²) in [4.78, 5) is 25.9. The Bertz CT molecular complexity index is 664. The molecule has 1 aliphatic heterocycles. The number of carbonyl (C=O) groups is 2. The van der Waals surface area contributed by atoms with Crippen molar-refractivity contribution in [3.05, 3.63) is 41.4 Å². The summed E-state index contributed by atoms with van der Waals surface area (Å²) >= 11 is 10.9. The van der Waals surface area contributed by atoms with Gasteiger partial charge in [-0.2, -0.15) is 0 Å². The van der Waals surface area contributed by atoms with E-state index in [-0.39, 0.29) is 42.0 Å². The fourth-order valence-corrected chi connectivity index (χ4v) is 3.33. The molecule has 1 saturated heterocycles. The molecule has 2 aliphatic rings. The van der Waals surface area contributed by atoms with Gasteiger partial charge in [0.15, 0.2) is 0 Å². The molecule has 0 saturated carbocycles. The smallest absolute Gasteiger partial charge is 0.261 e. The summed E-state index contributed by atoms with van der Waals surface area (Å²) in [6, 6.07) is 7.04. The van der Waals surface area contributed by atoms with Crippen LogP contribution >= 0.6 is 23.8 Å². The molecule has 3 rings (SSSR count). The molecule has 0 radical (unpaired) electrons. The van der Waals surface area contributed by atoms with E-state index in [0.717, 1.165) is 5.69 Å². The van der Waals surface area contributed by atoms with Gasteiger partial charge in [-0.25, -0.2) is 0 Å². The monoisotopic (exact) mass is 364 g/mol. The molecular formula is C17H17ClN2O3S. The zero-order chi connectivity index (χ0) is 17.1. The molecule has 2 amide bonds. The predicted molar refractivity (Wildman–Crippen MR) is 95.7 cm³/mol. The maximum absolute atomic E-state index is 12.3. The number of halogens is 1. The van der Waals surface area contributed by atoms with E-state index in [1.807, 2.05) is 12.2 Å². The largest absolute Gasteiger partial charge is 0.469 e. The van der Waals surface area contributed by atoms with Crippen LogP contribution in [-0.4, -0.2) is 35.0 Å². The summed E-state index contributed by atoms with van der Waals surface area (Å²) in [7, 11) is 0. The Morgan fingerprint density at radius 3 is 2.33 bits per heavy atom. The van der Waals surface area contributed by atoms with Gasteiger partial charge in [-0.05, 0) is 49.3 Å². The first-order valence-corrected chi connectivity index (χ1v) is 8.54. The maximum Gasteiger partial charge on any atom is 0.261 e. The summed E-state index contributed by atoms with van der Waals surface area (Å²) in [5.41, 5.74) is 0.759. The third-order valence-electron chi connectivity index (χ3n) is 4.24. The van der Waals surface area contributed by atoms with E-state index in [9.17, 15) is 9.59 Å². The minimum atomic E-state index is -0.207. The topological polar surface area (TPSA) is 58.6 Å². The highest BCUT2D eigenvalue weighted by molar-refractivity contribution is 7.80. The lowest BCUT2D eigenvalue weighted by Crippen LogP contribution is -2.35. The van der Waals surface area contributed by atoms with Crippen LogP contribution in [0.4, 0.5) is 5.69 Å². The first-order chi connectivity index (χ1) is 11.6. The van der Waals surface area contributed by atoms with Crippen LogP contribution in [0.1, 0.15) is 12.8 Å². The van der Waals surface area contributed by atoms with Crippen molar-refractivity contribution in [2.45, 2.75) is 12.8 Å². The predicted octanol–water partition coefficient (Wildman–Crippen LogP) is 3.00. The number of ether oxygens (including phenoxy) is 1. The number of allylic oxidation sites excluding steroid dienone is 2.